The van der Waals surface area contributed by atoms with Crippen molar-refractivity contribution in [2.45, 2.75) is 33.0 Å². The summed E-state index contributed by atoms with van der Waals surface area (Å²) in [5.41, 5.74) is 4.46. The molecule has 4 aromatic carbocycles. The number of Topliss-reactive ketones (excluding diaryl/α,β-unsaturated/α-hetero) is 1. The number of nitrogens with zero attached hydrogens (tertiary/aromatic N) is 4. The molecule has 1 aromatic heterocycles. The van der Waals surface area contributed by atoms with E-state index in [0.29, 0.717) is 27.8 Å². The Labute approximate surface area is 232 Å². The number of fused-ring (bicyclic) bond motifs is 1. The standard InChI is InChI=1S/C32H29N5O3/c1-22-12-6-7-15-25(22)31(32(40)33-20-24-13-4-3-5-14-24)37(28-18-10-8-16-26(28)23(2)38)30(39)21-36-29-19-11-9-17-27(29)34-35-36/h3-19,31H,20-21H2,1-2H3,(H,33,40)/t31-/m1/s1. The Morgan fingerprint density at radius 3 is 2.30 bits per heavy atom. The van der Waals surface area contributed by atoms with Crippen LogP contribution in [0.15, 0.2) is 103 Å². The summed E-state index contributed by atoms with van der Waals surface area (Å²) in [6.07, 6.45) is 0. The number of ketones is 1. The maximum atomic E-state index is 14.3. The lowest BCUT2D eigenvalue weighted by Gasteiger charge is -2.33. The third-order valence-electron chi connectivity index (χ3n) is 6.82. The van der Waals surface area contributed by atoms with Crippen LogP contribution in [0.2, 0.25) is 0 Å². The van der Waals surface area contributed by atoms with Gasteiger partial charge in [0.25, 0.3) is 0 Å². The van der Waals surface area contributed by atoms with E-state index in [2.05, 4.69) is 15.6 Å². The van der Waals surface area contributed by atoms with Gasteiger partial charge in [-0.2, -0.15) is 0 Å². The zero-order valence-electron chi connectivity index (χ0n) is 22.3. The van der Waals surface area contributed by atoms with Crippen molar-refractivity contribution in [2.75, 3.05) is 4.90 Å². The van der Waals surface area contributed by atoms with Crippen molar-refractivity contribution in [1.82, 2.24) is 20.3 Å². The van der Waals surface area contributed by atoms with Gasteiger partial charge in [-0.1, -0.05) is 84.1 Å². The van der Waals surface area contributed by atoms with Gasteiger partial charge in [0.2, 0.25) is 11.8 Å². The number of para-hydroxylation sites is 2. The molecule has 0 aliphatic rings. The summed E-state index contributed by atoms with van der Waals surface area (Å²) in [5.74, 6) is -0.992. The highest BCUT2D eigenvalue weighted by molar-refractivity contribution is 6.08. The number of rotatable bonds is 9. The van der Waals surface area contributed by atoms with Gasteiger partial charge in [-0.15, -0.1) is 5.10 Å². The van der Waals surface area contributed by atoms with Gasteiger partial charge in [0.1, 0.15) is 18.1 Å². The highest BCUT2D eigenvalue weighted by Gasteiger charge is 2.35. The molecular formula is C32H29N5O3. The van der Waals surface area contributed by atoms with Gasteiger partial charge >= 0.3 is 0 Å². The fraction of sp³-hybridized carbons (Fsp3) is 0.156. The Morgan fingerprint density at radius 2 is 1.52 bits per heavy atom. The van der Waals surface area contributed by atoms with Crippen molar-refractivity contribution < 1.29 is 14.4 Å². The van der Waals surface area contributed by atoms with Crippen LogP contribution >= 0.6 is 0 Å². The molecule has 8 heteroatoms. The molecule has 0 saturated carbocycles. The molecule has 8 nitrogen and oxygen atoms in total. The number of amides is 2. The Hall–Kier alpha value is -5.11. The summed E-state index contributed by atoms with van der Waals surface area (Å²) >= 11 is 0. The normalized spacial score (nSPS) is 11.7. The Morgan fingerprint density at radius 1 is 0.850 bits per heavy atom. The van der Waals surface area contributed by atoms with E-state index in [1.807, 2.05) is 85.8 Å². The molecule has 0 aliphatic heterocycles. The van der Waals surface area contributed by atoms with Crippen LogP contribution in [-0.2, 0) is 22.7 Å². The Kier molecular flexibility index (Phi) is 7.77. The van der Waals surface area contributed by atoms with E-state index >= 15 is 0 Å². The van der Waals surface area contributed by atoms with Gasteiger partial charge in [0.05, 0.1) is 11.2 Å². The molecule has 0 saturated heterocycles. The SMILES string of the molecule is CC(=O)c1ccccc1N(C(=O)Cn1nnc2ccccc21)[C@@H](C(=O)NCc1ccccc1)c1ccccc1C. The summed E-state index contributed by atoms with van der Waals surface area (Å²) < 4.78 is 1.51. The first-order valence-corrected chi connectivity index (χ1v) is 13.0. The third-order valence-corrected chi connectivity index (χ3v) is 6.82. The monoisotopic (exact) mass is 531 g/mol. The van der Waals surface area contributed by atoms with Crippen molar-refractivity contribution in [1.29, 1.82) is 0 Å². The summed E-state index contributed by atoms with van der Waals surface area (Å²) in [5, 5.41) is 11.4. The molecule has 1 atom stereocenters. The summed E-state index contributed by atoms with van der Waals surface area (Å²) in [6, 6.07) is 30.2. The number of hydrogen-bond acceptors (Lipinski definition) is 5. The average molecular weight is 532 g/mol. The molecule has 0 spiro atoms. The van der Waals surface area contributed by atoms with Crippen LogP contribution < -0.4 is 10.2 Å². The van der Waals surface area contributed by atoms with E-state index in [9.17, 15) is 14.4 Å². The van der Waals surface area contributed by atoms with Crippen LogP contribution in [0.5, 0.6) is 0 Å². The number of carbonyl (C=O) groups excluding carboxylic acids is 3. The minimum absolute atomic E-state index is 0.179. The zero-order valence-corrected chi connectivity index (χ0v) is 22.3. The molecule has 5 aromatic rings. The van der Waals surface area contributed by atoms with E-state index in [-0.39, 0.29) is 24.8 Å². The topological polar surface area (TPSA) is 97.2 Å². The minimum atomic E-state index is -1.05. The van der Waals surface area contributed by atoms with E-state index in [0.717, 1.165) is 11.1 Å². The van der Waals surface area contributed by atoms with E-state index in [4.69, 9.17) is 0 Å². The lowest BCUT2D eigenvalue weighted by atomic mass is 9.96. The van der Waals surface area contributed by atoms with Crippen LogP contribution in [0.3, 0.4) is 0 Å². The quantitative estimate of drug-likeness (QED) is 0.269. The smallest absolute Gasteiger partial charge is 0.249 e. The van der Waals surface area contributed by atoms with Gasteiger partial charge in [-0.05, 0) is 54.8 Å². The van der Waals surface area contributed by atoms with E-state index in [1.54, 1.807) is 24.3 Å². The van der Waals surface area contributed by atoms with Gasteiger partial charge in [-0.3, -0.25) is 19.3 Å². The fourth-order valence-corrected chi connectivity index (χ4v) is 4.81. The maximum absolute atomic E-state index is 14.3. The third kappa shape index (κ3) is 5.51. The van der Waals surface area contributed by atoms with Gasteiger partial charge in [-0.25, -0.2) is 4.68 Å². The number of anilines is 1. The molecule has 0 aliphatic carbocycles. The molecule has 0 radical (unpaired) electrons. The molecule has 1 N–H and O–H groups in total. The Balaban J connectivity index is 1.62. The summed E-state index contributed by atoms with van der Waals surface area (Å²) in [6.45, 7) is 3.45. The van der Waals surface area contributed by atoms with Crippen molar-refractivity contribution in [3.63, 3.8) is 0 Å². The van der Waals surface area contributed by atoms with Crippen molar-refractivity contribution in [3.8, 4) is 0 Å². The van der Waals surface area contributed by atoms with Crippen LogP contribution in [0.1, 0.15) is 40.0 Å². The van der Waals surface area contributed by atoms with Gasteiger partial charge in [0, 0.05) is 12.1 Å². The second kappa shape index (κ2) is 11.7. The minimum Gasteiger partial charge on any atom is -0.350 e. The van der Waals surface area contributed by atoms with E-state index < -0.39 is 11.9 Å². The first-order chi connectivity index (χ1) is 19.4. The molecule has 0 bridgehead atoms. The zero-order chi connectivity index (χ0) is 28.1. The predicted octanol–water partition coefficient (Wildman–Crippen LogP) is 5.03. The van der Waals surface area contributed by atoms with Crippen LogP contribution in [0, 0.1) is 6.92 Å². The van der Waals surface area contributed by atoms with Crippen LogP contribution in [-0.4, -0.2) is 32.6 Å². The molecule has 1 heterocycles. The van der Waals surface area contributed by atoms with Gasteiger partial charge in [0.15, 0.2) is 5.78 Å². The molecule has 5 rings (SSSR count). The second-order valence-corrected chi connectivity index (χ2v) is 9.54. The molecule has 40 heavy (non-hydrogen) atoms. The molecular weight excluding hydrogens is 502 g/mol. The molecule has 2 amide bonds. The number of nitrogens with one attached hydrogen (secondary N) is 1. The fourth-order valence-electron chi connectivity index (χ4n) is 4.81. The maximum Gasteiger partial charge on any atom is 0.249 e. The van der Waals surface area contributed by atoms with Crippen LogP contribution in [0.4, 0.5) is 5.69 Å². The summed E-state index contributed by atoms with van der Waals surface area (Å²) in [4.78, 5) is 42.5. The average Bonchev–Trinajstić information content (AvgIpc) is 3.38. The van der Waals surface area contributed by atoms with Crippen LogP contribution in [0.25, 0.3) is 11.0 Å². The second-order valence-electron chi connectivity index (χ2n) is 9.54. The largest absolute Gasteiger partial charge is 0.350 e. The number of aromatic nitrogens is 3. The molecule has 200 valence electrons. The highest BCUT2D eigenvalue weighted by Crippen LogP contribution is 2.33. The predicted molar refractivity (Wildman–Crippen MR) is 154 cm³/mol. The first kappa shape index (κ1) is 26.5. The number of hydrogen-bond donors (Lipinski definition) is 1. The number of carbonyl (C=O) groups is 3. The number of benzene rings is 4. The van der Waals surface area contributed by atoms with E-state index in [1.165, 1.54) is 16.5 Å². The van der Waals surface area contributed by atoms with Crippen molar-refractivity contribution in [2.24, 2.45) is 0 Å². The molecule has 0 unspecified atom stereocenters. The van der Waals surface area contributed by atoms with Crippen molar-refractivity contribution in [3.05, 3.63) is 125 Å². The molecule has 0 fully saturated rings. The van der Waals surface area contributed by atoms with Crippen molar-refractivity contribution >= 4 is 34.3 Å². The van der Waals surface area contributed by atoms with Gasteiger partial charge < -0.3 is 5.32 Å². The first-order valence-electron chi connectivity index (χ1n) is 13.0. The lowest BCUT2D eigenvalue weighted by molar-refractivity contribution is -0.127. The Bertz CT molecular complexity index is 1680. The highest BCUT2D eigenvalue weighted by atomic mass is 16.2. The number of aryl methyl sites for hydroxylation is 1. The lowest BCUT2D eigenvalue weighted by Crippen LogP contribution is -2.46. The summed E-state index contributed by atoms with van der Waals surface area (Å²) in [7, 11) is 0.